The Kier molecular flexibility index (Phi) is 3.58. The Labute approximate surface area is 152 Å². The zero-order valence-corrected chi connectivity index (χ0v) is 15.1. The van der Waals surface area contributed by atoms with E-state index in [1.54, 1.807) is 12.4 Å². The smallest absolute Gasteiger partial charge is 0.274 e. The van der Waals surface area contributed by atoms with Crippen LogP contribution in [0.4, 0.5) is 0 Å². The van der Waals surface area contributed by atoms with E-state index in [0.29, 0.717) is 18.2 Å². The summed E-state index contributed by atoms with van der Waals surface area (Å²) in [6, 6.07) is 0. The molecule has 0 bridgehead atoms. The fourth-order valence-corrected chi connectivity index (χ4v) is 4.72. The average Bonchev–Trinajstić information content (AvgIpc) is 3.08. The van der Waals surface area contributed by atoms with Crippen molar-refractivity contribution < 1.29 is 4.79 Å². The van der Waals surface area contributed by atoms with E-state index in [-0.39, 0.29) is 17.2 Å². The summed E-state index contributed by atoms with van der Waals surface area (Å²) in [6.07, 6.45) is 10.4. The van der Waals surface area contributed by atoms with Crippen LogP contribution in [-0.2, 0) is 0 Å². The Balaban J connectivity index is 1.42. The van der Waals surface area contributed by atoms with Crippen molar-refractivity contribution in [3.8, 4) is 0 Å². The minimum absolute atomic E-state index is 0.0202. The van der Waals surface area contributed by atoms with Gasteiger partial charge in [-0.15, -0.1) is 0 Å². The van der Waals surface area contributed by atoms with Crippen molar-refractivity contribution in [1.29, 1.82) is 0 Å². The summed E-state index contributed by atoms with van der Waals surface area (Å²) in [4.78, 5) is 28.3. The fraction of sp³-hybridized carbons (Fsp3) is 0.632. The van der Waals surface area contributed by atoms with Gasteiger partial charge < -0.3 is 4.90 Å². The molecule has 1 unspecified atom stereocenters. The number of nitrogens with one attached hydrogen (secondary N) is 1. The van der Waals surface area contributed by atoms with Crippen molar-refractivity contribution in [2.75, 3.05) is 13.1 Å². The highest BCUT2D eigenvalue weighted by Gasteiger charge is 2.51. The van der Waals surface area contributed by atoms with Crippen LogP contribution < -0.4 is 0 Å². The molecule has 0 aromatic carbocycles. The molecule has 2 aliphatic carbocycles. The molecule has 1 amide bonds. The van der Waals surface area contributed by atoms with Crippen LogP contribution >= 0.6 is 0 Å². The lowest BCUT2D eigenvalue weighted by molar-refractivity contribution is 0.0767. The summed E-state index contributed by atoms with van der Waals surface area (Å²) < 4.78 is 0. The van der Waals surface area contributed by atoms with Gasteiger partial charge in [-0.25, -0.2) is 9.97 Å². The second-order valence-corrected chi connectivity index (χ2v) is 8.20. The third-order valence-corrected chi connectivity index (χ3v) is 6.33. The lowest BCUT2D eigenvalue weighted by Gasteiger charge is -2.28. The molecular formula is C19H24N6O. The van der Waals surface area contributed by atoms with Crippen LogP contribution in [-0.4, -0.2) is 49.0 Å². The molecule has 5 rings (SSSR count). The highest BCUT2D eigenvalue weighted by molar-refractivity contribution is 5.92. The van der Waals surface area contributed by atoms with E-state index in [1.807, 2.05) is 11.8 Å². The van der Waals surface area contributed by atoms with Gasteiger partial charge in [0.15, 0.2) is 5.82 Å². The second kappa shape index (κ2) is 5.86. The molecule has 3 fully saturated rings. The molecule has 1 aliphatic heterocycles. The summed E-state index contributed by atoms with van der Waals surface area (Å²) in [5, 5.41) is 7.65. The molecule has 2 aromatic rings. The van der Waals surface area contributed by atoms with Gasteiger partial charge in [0.25, 0.3) is 5.91 Å². The number of likely N-dealkylation sites (tertiary alicyclic amines) is 1. The third-order valence-electron chi connectivity index (χ3n) is 6.33. The molecule has 136 valence electrons. The van der Waals surface area contributed by atoms with Crippen LogP contribution in [0.25, 0.3) is 0 Å². The van der Waals surface area contributed by atoms with Gasteiger partial charge in [-0.1, -0.05) is 12.8 Å². The molecular weight excluding hydrogens is 328 g/mol. The molecule has 0 radical (unpaired) electrons. The standard InChI is InChI=1S/C19H24N6O/c1-12-8-21-15(9-20-12)18(26)25-10-14(19(11-25)6-2-3-7-19)17-22-16(23-24-17)13-4-5-13/h8-9,13-14H,2-7,10-11H2,1H3,(H,22,23,24). The molecule has 1 atom stereocenters. The van der Waals surface area contributed by atoms with Gasteiger partial charge in [-0.3, -0.25) is 14.9 Å². The number of rotatable bonds is 3. The Morgan fingerprint density at radius 1 is 1.23 bits per heavy atom. The fourth-order valence-electron chi connectivity index (χ4n) is 4.72. The number of hydrogen-bond acceptors (Lipinski definition) is 5. The molecule has 3 aliphatic rings. The van der Waals surface area contributed by atoms with Gasteiger partial charge in [0.2, 0.25) is 0 Å². The maximum Gasteiger partial charge on any atom is 0.274 e. The topological polar surface area (TPSA) is 87.7 Å². The van der Waals surface area contributed by atoms with E-state index in [4.69, 9.17) is 4.98 Å². The monoisotopic (exact) mass is 352 g/mol. The molecule has 7 nitrogen and oxygen atoms in total. The summed E-state index contributed by atoms with van der Waals surface area (Å²) in [5.74, 6) is 2.70. The van der Waals surface area contributed by atoms with Gasteiger partial charge in [0, 0.05) is 31.1 Å². The number of hydrogen-bond donors (Lipinski definition) is 1. The first kappa shape index (κ1) is 15.9. The van der Waals surface area contributed by atoms with Crippen molar-refractivity contribution in [2.45, 2.75) is 57.3 Å². The maximum absolute atomic E-state index is 13.0. The summed E-state index contributed by atoms with van der Waals surface area (Å²) in [6.45, 7) is 3.35. The molecule has 3 heterocycles. The highest BCUT2D eigenvalue weighted by atomic mass is 16.2. The minimum atomic E-state index is -0.0202. The zero-order chi connectivity index (χ0) is 17.7. The van der Waals surface area contributed by atoms with Gasteiger partial charge >= 0.3 is 0 Å². The Morgan fingerprint density at radius 3 is 2.73 bits per heavy atom. The van der Waals surface area contributed by atoms with E-state index < -0.39 is 0 Å². The lowest BCUT2D eigenvalue weighted by Crippen LogP contribution is -2.32. The quantitative estimate of drug-likeness (QED) is 0.917. The first-order valence-corrected chi connectivity index (χ1v) is 9.65. The number of H-pyrrole nitrogens is 1. The number of carbonyl (C=O) groups is 1. The largest absolute Gasteiger partial charge is 0.336 e. The number of aromatic amines is 1. The lowest BCUT2D eigenvalue weighted by atomic mass is 9.76. The minimum Gasteiger partial charge on any atom is -0.336 e. The Morgan fingerprint density at radius 2 is 2.04 bits per heavy atom. The first-order valence-electron chi connectivity index (χ1n) is 9.65. The first-order chi connectivity index (χ1) is 12.6. The van der Waals surface area contributed by atoms with Gasteiger partial charge in [-0.05, 0) is 38.0 Å². The maximum atomic E-state index is 13.0. The van der Waals surface area contributed by atoms with Crippen molar-refractivity contribution in [3.63, 3.8) is 0 Å². The normalized spacial score (nSPS) is 24.5. The second-order valence-electron chi connectivity index (χ2n) is 8.20. The van der Waals surface area contributed by atoms with Crippen molar-refractivity contribution in [2.24, 2.45) is 5.41 Å². The number of nitrogens with zero attached hydrogens (tertiary/aromatic N) is 5. The summed E-state index contributed by atoms with van der Waals surface area (Å²) in [5.41, 5.74) is 1.39. The third kappa shape index (κ3) is 2.61. The van der Waals surface area contributed by atoms with Crippen LogP contribution in [0.1, 0.15) is 78.2 Å². The molecule has 1 N–H and O–H groups in total. The van der Waals surface area contributed by atoms with Crippen LogP contribution in [0.3, 0.4) is 0 Å². The van der Waals surface area contributed by atoms with E-state index in [0.717, 1.165) is 36.7 Å². The van der Waals surface area contributed by atoms with E-state index in [2.05, 4.69) is 20.2 Å². The van der Waals surface area contributed by atoms with Crippen LogP contribution in [0.5, 0.6) is 0 Å². The van der Waals surface area contributed by atoms with Crippen LogP contribution in [0.2, 0.25) is 0 Å². The van der Waals surface area contributed by atoms with Crippen molar-refractivity contribution >= 4 is 5.91 Å². The number of aromatic nitrogens is 5. The molecule has 1 spiro atoms. The number of carbonyl (C=O) groups excluding carboxylic acids is 1. The average molecular weight is 352 g/mol. The zero-order valence-electron chi connectivity index (χ0n) is 15.1. The molecule has 7 heteroatoms. The van der Waals surface area contributed by atoms with E-state index in [1.165, 1.54) is 25.7 Å². The highest BCUT2D eigenvalue weighted by Crippen LogP contribution is 2.53. The predicted molar refractivity (Wildman–Crippen MR) is 94.7 cm³/mol. The van der Waals surface area contributed by atoms with Gasteiger partial charge in [0.1, 0.15) is 11.5 Å². The molecule has 26 heavy (non-hydrogen) atoms. The van der Waals surface area contributed by atoms with Crippen molar-refractivity contribution in [3.05, 3.63) is 35.4 Å². The molecule has 2 saturated carbocycles. The van der Waals surface area contributed by atoms with Crippen LogP contribution in [0.15, 0.2) is 12.4 Å². The predicted octanol–water partition coefficient (Wildman–Crippen LogP) is 2.58. The summed E-state index contributed by atoms with van der Waals surface area (Å²) in [7, 11) is 0. The number of amides is 1. The summed E-state index contributed by atoms with van der Waals surface area (Å²) >= 11 is 0. The molecule has 2 aromatic heterocycles. The number of aryl methyl sites for hydroxylation is 1. The van der Waals surface area contributed by atoms with Crippen LogP contribution in [0, 0.1) is 12.3 Å². The Hall–Kier alpha value is -2.31. The van der Waals surface area contributed by atoms with E-state index >= 15 is 0 Å². The SMILES string of the molecule is Cc1cnc(C(=O)N2CC(c3nc(C4CC4)n[nH]3)C3(CCCC3)C2)cn1. The van der Waals surface area contributed by atoms with E-state index in [9.17, 15) is 4.79 Å². The Bertz CT molecular complexity index is 819. The van der Waals surface area contributed by atoms with Gasteiger partial charge in [-0.2, -0.15) is 5.10 Å². The van der Waals surface area contributed by atoms with Crippen molar-refractivity contribution in [1.82, 2.24) is 30.0 Å². The van der Waals surface area contributed by atoms with Gasteiger partial charge in [0.05, 0.1) is 11.9 Å². The molecule has 1 saturated heterocycles.